The van der Waals surface area contributed by atoms with Gasteiger partial charge in [-0.3, -0.25) is 4.79 Å². The molecule has 1 nitrogen and oxygen atoms in total. The Bertz CT molecular complexity index is 419. The first-order valence-corrected chi connectivity index (χ1v) is 6.34. The minimum Gasteiger partial charge on any atom is -0.294 e. The second kappa shape index (κ2) is 4.21. The Morgan fingerprint density at radius 1 is 1.31 bits per heavy atom. The van der Waals surface area contributed by atoms with E-state index < -0.39 is 0 Å². The third-order valence-electron chi connectivity index (χ3n) is 4.02. The fraction of sp³-hybridized carbons (Fsp3) is 0.500. The van der Waals surface area contributed by atoms with Crippen LogP contribution in [0, 0.1) is 5.41 Å². The Hall–Kier alpha value is -0.820. The number of Topliss-reactive ketones (excluding diaryl/α,β-unsaturated/α-hetero) is 1. The van der Waals surface area contributed by atoms with E-state index in [9.17, 15) is 4.79 Å². The van der Waals surface area contributed by atoms with Gasteiger partial charge in [0.05, 0.1) is 0 Å². The molecule has 2 rings (SSSR count). The van der Waals surface area contributed by atoms with E-state index in [1.807, 2.05) is 18.2 Å². The number of carbonyl (C=O) groups is 1. The van der Waals surface area contributed by atoms with Crippen LogP contribution in [0.25, 0.3) is 0 Å². The highest BCUT2D eigenvalue weighted by Crippen LogP contribution is 2.41. The highest BCUT2D eigenvalue weighted by Gasteiger charge is 2.39. The fourth-order valence-corrected chi connectivity index (χ4v) is 2.85. The maximum absolute atomic E-state index is 12.5. The molecule has 16 heavy (non-hydrogen) atoms. The van der Waals surface area contributed by atoms with Gasteiger partial charge in [-0.1, -0.05) is 31.5 Å². The van der Waals surface area contributed by atoms with E-state index >= 15 is 0 Å². The maximum atomic E-state index is 12.5. The quantitative estimate of drug-likeness (QED) is 0.749. The summed E-state index contributed by atoms with van der Waals surface area (Å²) < 4.78 is 0. The van der Waals surface area contributed by atoms with E-state index in [0.29, 0.717) is 10.8 Å². The molecule has 0 unspecified atom stereocenters. The summed E-state index contributed by atoms with van der Waals surface area (Å²) in [5.41, 5.74) is 1.87. The van der Waals surface area contributed by atoms with Crippen molar-refractivity contribution in [3.8, 4) is 0 Å². The van der Waals surface area contributed by atoms with Gasteiger partial charge in [0.15, 0.2) is 5.78 Å². The summed E-state index contributed by atoms with van der Waals surface area (Å²) in [6.07, 6.45) is 3.83. The summed E-state index contributed by atoms with van der Waals surface area (Å²) in [6.45, 7) is 4.22. The van der Waals surface area contributed by atoms with Gasteiger partial charge in [-0.25, -0.2) is 0 Å². The Morgan fingerprint density at radius 3 is 2.62 bits per heavy atom. The standard InChI is InChI=1S/C14H17ClO/c1-3-14(4-2)8-7-10-5-6-11(15)9-12(10)13(14)16/h5-6,9H,3-4,7-8H2,1-2H3. The van der Waals surface area contributed by atoms with Crippen LogP contribution in [0.1, 0.15) is 49.0 Å². The number of fused-ring (bicyclic) bond motifs is 1. The zero-order chi connectivity index (χ0) is 11.8. The highest BCUT2D eigenvalue weighted by molar-refractivity contribution is 6.31. The predicted molar refractivity (Wildman–Crippen MR) is 67.1 cm³/mol. The summed E-state index contributed by atoms with van der Waals surface area (Å²) in [6, 6.07) is 5.70. The lowest BCUT2D eigenvalue weighted by Gasteiger charge is -2.35. The summed E-state index contributed by atoms with van der Waals surface area (Å²) >= 11 is 5.97. The number of ketones is 1. The zero-order valence-corrected chi connectivity index (χ0v) is 10.6. The molecule has 0 amide bonds. The molecule has 86 valence electrons. The van der Waals surface area contributed by atoms with Crippen LogP contribution < -0.4 is 0 Å². The molecule has 0 spiro atoms. The first-order valence-electron chi connectivity index (χ1n) is 5.96. The number of rotatable bonds is 2. The van der Waals surface area contributed by atoms with Gasteiger partial charge in [-0.15, -0.1) is 0 Å². The molecule has 0 heterocycles. The molecular formula is C14H17ClO. The summed E-state index contributed by atoms with van der Waals surface area (Å²) in [7, 11) is 0. The van der Waals surface area contributed by atoms with Gasteiger partial charge >= 0.3 is 0 Å². The monoisotopic (exact) mass is 236 g/mol. The van der Waals surface area contributed by atoms with Gasteiger partial charge in [0.2, 0.25) is 0 Å². The lowest BCUT2D eigenvalue weighted by atomic mass is 9.67. The molecule has 1 aromatic carbocycles. The van der Waals surface area contributed by atoms with Crippen molar-refractivity contribution in [2.45, 2.75) is 39.5 Å². The van der Waals surface area contributed by atoms with Gasteiger partial charge in [-0.05, 0) is 43.4 Å². The predicted octanol–water partition coefficient (Wildman–Crippen LogP) is 4.28. The fourth-order valence-electron chi connectivity index (χ4n) is 2.68. The molecule has 0 radical (unpaired) electrons. The number of hydrogen-bond acceptors (Lipinski definition) is 1. The summed E-state index contributed by atoms with van der Waals surface area (Å²) in [5, 5.41) is 0.662. The third kappa shape index (κ3) is 1.67. The normalized spacial score (nSPS) is 18.3. The summed E-state index contributed by atoms with van der Waals surface area (Å²) in [4.78, 5) is 12.5. The van der Waals surface area contributed by atoms with Crippen LogP contribution in [0.15, 0.2) is 18.2 Å². The van der Waals surface area contributed by atoms with Crippen molar-refractivity contribution >= 4 is 17.4 Å². The van der Waals surface area contributed by atoms with E-state index in [1.54, 1.807) is 0 Å². The van der Waals surface area contributed by atoms with Crippen LogP contribution in [0.2, 0.25) is 5.02 Å². The van der Waals surface area contributed by atoms with Crippen LogP contribution in [0.4, 0.5) is 0 Å². The molecule has 0 bridgehead atoms. The first-order chi connectivity index (χ1) is 7.63. The van der Waals surface area contributed by atoms with Crippen LogP contribution in [0.5, 0.6) is 0 Å². The molecule has 1 aromatic rings. The Kier molecular flexibility index (Phi) is 3.07. The van der Waals surface area contributed by atoms with Crippen molar-refractivity contribution in [3.63, 3.8) is 0 Å². The largest absolute Gasteiger partial charge is 0.294 e. The number of benzene rings is 1. The summed E-state index contributed by atoms with van der Waals surface area (Å²) in [5.74, 6) is 0.293. The average molecular weight is 237 g/mol. The molecule has 0 aliphatic heterocycles. The lowest BCUT2D eigenvalue weighted by molar-refractivity contribution is 0.0738. The van der Waals surface area contributed by atoms with Gasteiger partial charge < -0.3 is 0 Å². The number of halogens is 1. The molecule has 0 fully saturated rings. The van der Waals surface area contributed by atoms with Crippen LogP contribution in [0.3, 0.4) is 0 Å². The van der Waals surface area contributed by atoms with Crippen molar-refractivity contribution in [2.24, 2.45) is 5.41 Å². The van der Waals surface area contributed by atoms with E-state index in [0.717, 1.165) is 36.8 Å². The van der Waals surface area contributed by atoms with Crippen molar-refractivity contribution in [1.82, 2.24) is 0 Å². The molecule has 2 heteroatoms. The van der Waals surface area contributed by atoms with E-state index in [-0.39, 0.29) is 5.41 Å². The SMILES string of the molecule is CCC1(CC)CCc2ccc(Cl)cc2C1=O. The maximum Gasteiger partial charge on any atom is 0.169 e. The van der Waals surface area contributed by atoms with Gasteiger partial charge in [0.25, 0.3) is 0 Å². The second-order valence-corrected chi connectivity index (χ2v) is 5.05. The molecule has 1 aliphatic rings. The van der Waals surface area contributed by atoms with Crippen LogP contribution >= 0.6 is 11.6 Å². The number of carbonyl (C=O) groups excluding carboxylic acids is 1. The van der Waals surface area contributed by atoms with Gasteiger partial charge in [-0.2, -0.15) is 0 Å². The van der Waals surface area contributed by atoms with E-state index in [1.165, 1.54) is 0 Å². The Balaban J connectivity index is 2.49. The van der Waals surface area contributed by atoms with Crippen molar-refractivity contribution in [3.05, 3.63) is 34.3 Å². The molecule has 0 atom stereocenters. The topological polar surface area (TPSA) is 17.1 Å². The smallest absolute Gasteiger partial charge is 0.169 e. The molecule has 0 aromatic heterocycles. The molecule has 1 aliphatic carbocycles. The van der Waals surface area contributed by atoms with Gasteiger partial charge in [0.1, 0.15) is 0 Å². The minimum atomic E-state index is -0.141. The second-order valence-electron chi connectivity index (χ2n) is 4.62. The lowest BCUT2D eigenvalue weighted by Crippen LogP contribution is -2.35. The van der Waals surface area contributed by atoms with E-state index in [4.69, 9.17) is 11.6 Å². The highest BCUT2D eigenvalue weighted by atomic mass is 35.5. The molecule has 0 saturated heterocycles. The van der Waals surface area contributed by atoms with Crippen LogP contribution in [-0.2, 0) is 6.42 Å². The Morgan fingerprint density at radius 2 is 2.00 bits per heavy atom. The molecule has 0 saturated carbocycles. The minimum absolute atomic E-state index is 0.141. The van der Waals surface area contributed by atoms with E-state index in [2.05, 4.69) is 13.8 Å². The zero-order valence-electron chi connectivity index (χ0n) is 9.85. The van der Waals surface area contributed by atoms with Crippen molar-refractivity contribution in [2.75, 3.05) is 0 Å². The molecule has 0 N–H and O–H groups in total. The Labute approximate surface area is 102 Å². The van der Waals surface area contributed by atoms with Gasteiger partial charge in [0, 0.05) is 16.0 Å². The third-order valence-corrected chi connectivity index (χ3v) is 4.26. The number of hydrogen-bond donors (Lipinski definition) is 0. The van der Waals surface area contributed by atoms with Crippen LogP contribution in [-0.4, -0.2) is 5.78 Å². The van der Waals surface area contributed by atoms with Crippen molar-refractivity contribution in [1.29, 1.82) is 0 Å². The number of aryl methyl sites for hydroxylation is 1. The van der Waals surface area contributed by atoms with Crippen molar-refractivity contribution < 1.29 is 4.79 Å². The molecular weight excluding hydrogens is 220 g/mol. The average Bonchev–Trinajstić information content (AvgIpc) is 2.31. The first kappa shape index (κ1) is 11.7.